The number of carbonyl (C=O) groups excluding carboxylic acids is 1. The average molecular weight is 408 g/mol. The summed E-state index contributed by atoms with van der Waals surface area (Å²) in [6.45, 7) is 0. The Hall–Kier alpha value is -3.09. The van der Waals surface area contributed by atoms with Crippen LogP contribution < -0.4 is 4.90 Å². The monoisotopic (exact) mass is 407 g/mol. The maximum atomic E-state index is 13.1. The fourth-order valence-electron chi connectivity index (χ4n) is 2.67. The van der Waals surface area contributed by atoms with Crippen molar-refractivity contribution in [2.75, 3.05) is 4.90 Å². The zero-order chi connectivity index (χ0) is 19.5. The maximum Gasteiger partial charge on any atom is 0.271 e. The minimum atomic E-state index is -0.219. The van der Waals surface area contributed by atoms with Crippen LogP contribution in [-0.2, 0) is 4.79 Å². The third-order valence-electron chi connectivity index (χ3n) is 4.01. The van der Waals surface area contributed by atoms with Crippen LogP contribution in [0.15, 0.2) is 83.0 Å². The molecule has 1 N–H and O–H groups in total. The summed E-state index contributed by atoms with van der Waals surface area (Å²) in [6, 6.07) is 17.8. The number of pyridine rings is 1. The molecule has 1 saturated heterocycles. The number of aromatic nitrogens is 1. The number of nitrogens with zero attached hydrogens (tertiary/aromatic N) is 3. The molecule has 5 nitrogen and oxygen atoms in total. The molecule has 28 heavy (non-hydrogen) atoms. The summed E-state index contributed by atoms with van der Waals surface area (Å²) in [5.41, 5.74) is 1.79. The van der Waals surface area contributed by atoms with Crippen molar-refractivity contribution in [2.45, 2.75) is 0 Å². The largest absolute Gasteiger partial charge is 0.507 e. The second kappa shape index (κ2) is 7.88. The van der Waals surface area contributed by atoms with E-state index in [1.807, 2.05) is 30.3 Å². The van der Waals surface area contributed by atoms with Crippen LogP contribution in [0.4, 0.5) is 11.4 Å². The van der Waals surface area contributed by atoms with Gasteiger partial charge in [-0.3, -0.25) is 14.7 Å². The molecule has 2 heterocycles. The minimum Gasteiger partial charge on any atom is -0.507 e. The third-order valence-corrected chi connectivity index (χ3v) is 5.27. The summed E-state index contributed by atoms with van der Waals surface area (Å²) >= 11 is 7.42. The molecule has 4 rings (SSSR count). The van der Waals surface area contributed by atoms with E-state index >= 15 is 0 Å². The lowest BCUT2D eigenvalue weighted by Gasteiger charge is -2.15. The molecule has 1 aliphatic rings. The molecule has 1 aliphatic heterocycles. The summed E-state index contributed by atoms with van der Waals surface area (Å²) < 4.78 is 0. The van der Waals surface area contributed by atoms with Gasteiger partial charge in [0.2, 0.25) is 0 Å². The van der Waals surface area contributed by atoms with Crippen molar-refractivity contribution < 1.29 is 9.90 Å². The van der Waals surface area contributed by atoms with E-state index in [0.717, 1.165) is 0 Å². The van der Waals surface area contributed by atoms with Crippen LogP contribution in [0.5, 0.6) is 5.75 Å². The number of aliphatic imine (C=N–C) groups is 1. The first-order chi connectivity index (χ1) is 13.6. The first-order valence-electron chi connectivity index (χ1n) is 8.39. The van der Waals surface area contributed by atoms with Gasteiger partial charge in [0.05, 0.1) is 21.3 Å². The Bertz CT molecular complexity index is 1100. The lowest BCUT2D eigenvalue weighted by Crippen LogP contribution is -2.28. The van der Waals surface area contributed by atoms with Crippen LogP contribution >= 0.6 is 23.4 Å². The number of carbonyl (C=O) groups is 1. The van der Waals surface area contributed by atoms with Crippen molar-refractivity contribution in [3.05, 3.63) is 88.5 Å². The van der Waals surface area contributed by atoms with Crippen molar-refractivity contribution in [1.29, 1.82) is 0 Å². The molecule has 3 aromatic rings. The molecule has 1 fully saturated rings. The van der Waals surface area contributed by atoms with Crippen LogP contribution in [-0.4, -0.2) is 21.2 Å². The fourth-order valence-corrected chi connectivity index (χ4v) is 3.81. The molecule has 7 heteroatoms. The standard InChI is InChI=1S/C21H14ClN3O2S/c22-16-13-23-11-10-17(16)24-21-25(15-7-2-1-3-8-15)20(27)19(28-21)12-14-6-4-5-9-18(14)26/h1-13,26H/b19-12-,24-21?. The Kier molecular flexibility index (Phi) is 5.14. The predicted octanol–water partition coefficient (Wildman–Crippen LogP) is 5.25. The normalized spacial score (nSPS) is 16.9. The van der Waals surface area contributed by atoms with E-state index in [2.05, 4.69) is 9.98 Å². The number of halogens is 1. The van der Waals surface area contributed by atoms with E-state index in [-0.39, 0.29) is 11.7 Å². The topological polar surface area (TPSA) is 65.8 Å². The highest BCUT2D eigenvalue weighted by Gasteiger charge is 2.35. The lowest BCUT2D eigenvalue weighted by molar-refractivity contribution is -0.113. The van der Waals surface area contributed by atoms with Gasteiger partial charge in [0, 0.05) is 18.0 Å². The molecule has 0 spiro atoms. The maximum absolute atomic E-state index is 13.1. The van der Waals surface area contributed by atoms with Gasteiger partial charge < -0.3 is 5.11 Å². The Morgan fingerprint density at radius 2 is 1.82 bits per heavy atom. The molecule has 0 bridgehead atoms. The smallest absolute Gasteiger partial charge is 0.271 e. The van der Waals surface area contributed by atoms with Gasteiger partial charge in [-0.2, -0.15) is 0 Å². The van der Waals surface area contributed by atoms with Gasteiger partial charge >= 0.3 is 0 Å². The summed E-state index contributed by atoms with van der Waals surface area (Å²) in [5, 5.41) is 10.9. The second-order valence-electron chi connectivity index (χ2n) is 5.87. The van der Waals surface area contributed by atoms with Gasteiger partial charge in [0.15, 0.2) is 5.17 Å². The minimum absolute atomic E-state index is 0.109. The first kappa shape index (κ1) is 18.3. The predicted molar refractivity (Wildman–Crippen MR) is 114 cm³/mol. The number of aromatic hydroxyl groups is 1. The Morgan fingerprint density at radius 3 is 2.57 bits per heavy atom. The third kappa shape index (κ3) is 3.65. The molecule has 138 valence electrons. The highest BCUT2D eigenvalue weighted by molar-refractivity contribution is 8.19. The van der Waals surface area contributed by atoms with Crippen LogP contribution in [0.3, 0.4) is 0 Å². The molecular weight excluding hydrogens is 394 g/mol. The van der Waals surface area contributed by atoms with E-state index in [1.54, 1.807) is 42.6 Å². The Morgan fingerprint density at radius 1 is 1.07 bits per heavy atom. The molecule has 0 radical (unpaired) electrons. The molecule has 0 atom stereocenters. The number of phenols is 1. The van der Waals surface area contributed by atoms with Gasteiger partial charge in [-0.05, 0) is 42.1 Å². The van der Waals surface area contributed by atoms with Gasteiger partial charge in [-0.25, -0.2) is 4.99 Å². The molecule has 0 aliphatic carbocycles. The zero-order valence-electron chi connectivity index (χ0n) is 14.5. The van der Waals surface area contributed by atoms with Crippen molar-refractivity contribution in [3.8, 4) is 5.75 Å². The quantitative estimate of drug-likeness (QED) is 0.602. The first-order valence-corrected chi connectivity index (χ1v) is 9.58. The summed E-state index contributed by atoms with van der Waals surface area (Å²) in [7, 11) is 0. The number of anilines is 1. The van der Waals surface area contributed by atoms with Gasteiger partial charge in [-0.1, -0.05) is 48.0 Å². The number of rotatable bonds is 3. The van der Waals surface area contributed by atoms with Gasteiger partial charge in [-0.15, -0.1) is 0 Å². The second-order valence-corrected chi connectivity index (χ2v) is 7.28. The van der Waals surface area contributed by atoms with E-state index in [9.17, 15) is 9.90 Å². The summed E-state index contributed by atoms with van der Waals surface area (Å²) in [6.07, 6.45) is 4.77. The summed E-state index contributed by atoms with van der Waals surface area (Å²) in [4.78, 5) is 23.7. The number of para-hydroxylation sites is 2. The van der Waals surface area contributed by atoms with Crippen molar-refractivity contribution in [3.63, 3.8) is 0 Å². The number of phenolic OH excluding ortho intramolecular Hbond substituents is 1. The molecule has 0 saturated carbocycles. The van der Waals surface area contributed by atoms with E-state index in [4.69, 9.17) is 11.6 Å². The molecular formula is C21H14ClN3O2S. The zero-order valence-corrected chi connectivity index (χ0v) is 16.1. The van der Waals surface area contributed by atoms with Gasteiger partial charge in [0.1, 0.15) is 5.75 Å². The molecule has 1 amide bonds. The highest BCUT2D eigenvalue weighted by atomic mass is 35.5. The summed E-state index contributed by atoms with van der Waals surface area (Å²) in [5.74, 6) is -0.111. The Balaban J connectivity index is 1.81. The lowest BCUT2D eigenvalue weighted by atomic mass is 10.2. The van der Waals surface area contributed by atoms with Crippen LogP contribution in [0.1, 0.15) is 5.56 Å². The van der Waals surface area contributed by atoms with Crippen LogP contribution in [0.25, 0.3) is 6.08 Å². The Labute approximate surface area is 171 Å². The van der Waals surface area contributed by atoms with E-state index < -0.39 is 0 Å². The van der Waals surface area contributed by atoms with Crippen LogP contribution in [0.2, 0.25) is 5.02 Å². The van der Waals surface area contributed by atoms with Crippen molar-refractivity contribution in [2.24, 2.45) is 4.99 Å². The van der Waals surface area contributed by atoms with E-state index in [0.29, 0.717) is 32.0 Å². The van der Waals surface area contributed by atoms with E-state index in [1.165, 1.54) is 22.9 Å². The number of amides is 1. The highest BCUT2D eigenvalue weighted by Crippen LogP contribution is 2.38. The molecule has 1 aromatic heterocycles. The number of hydrogen-bond donors (Lipinski definition) is 1. The fraction of sp³-hybridized carbons (Fsp3) is 0. The number of benzene rings is 2. The average Bonchev–Trinajstić information content (AvgIpc) is 3.01. The number of amidine groups is 1. The number of thioether (sulfide) groups is 1. The molecule has 2 aromatic carbocycles. The molecule has 0 unspecified atom stereocenters. The van der Waals surface area contributed by atoms with Crippen molar-refractivity contribution in [1.82, 2.24) is 4.98 Å². The van der Waals surface area contributed by atoms with Gasteiger partial charge in [0.25, 0.3) is 5.91 Å². The van der Waals surface area contributed by atoms with Crippen molar-refractivity contribution >= 4 is 51.9 Å². The van der Waals surface area contributed by atoms with Crippen LogP contribution in [0, 0.1) is 0 Å². The SMILES string of the molecule is O=C1/C(=C/c2ccccc2O)SC(=Nc2ccncc2Cl)N1c1ccccc1. The number of hydrogen-bond acceptors (Lipinski definition) is 5.